The van der Waals surface area contributed by atoms with Gasteiger partial charge in [0.1, 0.15) is 0 Å². The summed E-state index contributed by atoms with van der Waals surface area (Å²) in [5.74, 6) is 0.988. The highest BCUT2D eigenvalue weighted by molar-refractivity contribution is 5.76. The van der Waals surface area contributed by atoms with Gasteiger partial charge >= 0.3 is 0 Å². The van der Waals surface area contributed by atoms with E-state index in [0.29, 0.717) is 31.6 Å². The summed E-state index contributed by atoms with van der Waals surface area (Å²) in [7, 11) is 1.88. The summed E-state index contributed by atoms with van der Waals surface area (Å²) in [5, 5.41) is 2.96. The monoisotopic (exact) mass is 372 g/mol. The number of carbonyl (C=O) groups is 2. The van der Waals surface area contributed by atoms with Gasteiger partial charge in [0.15, 0.2) is 0 Å². The standard InChI is InChI=1S/C21H32N4O2/c1-15-10-18(8-9-22-15)13-24(3)21(27)11-19-6-7-20(12-23-16(2)26)25(19)14-17-4-5-17/h8-10,17,19-20H,4-7,11-14H2,1-3H3,(H,23,26)/t19-,20+/m0/s1. The lowest BCUT2D eigenvalue weighted by Crippen LogP contribution is -2.45. The van der Waals surface area contributed by atoms with Crippen molar-refractivity contribution in [1.82, 2.24) is 20.1 Å². The lowest BCUT2D eigenvalue weighted by atomic mass is 10.1. The lowest BCUT2D eigenvalue weighted by Gasteiger charge is -2.31. The van der Waals surface area contributed by atoms with Crippen molar-refractivity contribution in [3.63, 3.8) is 0 Å². The zero-order valence-electron chi connectivity index (χ0n) is 16.8. The molecule has 3 rings (SSSR count). The molecule has 1 aromatic rings. The number of aromatic nitrogens is 1. The Kier molecular flexibility index (Phi) is 6.47. The normalized spacial score (nSPS) is 22.6. The van der Waals surface area contributed by atoms with Crippen LogP contribution in [-0.4, -0.2) is 58.8 Å². The van der Waals surface area contributed by atoms with Crippen LogP contribution in [0.1, 0.15) is 50.3 Å². The Morgan fingerprint density at radius 3 is 2.67 bits per heavy atom. The van der Waals surface area contributed by atoms with Crippen LogP contribution >= 0.6 is 0 Å². The van der Waals surface area contributed by atoms with Crippen LogP contribution in [0.3, 0.4) is 0 Å². The topological polar surface area (TPSA) is 65.5 Å². The van der Waals surface area contributed by atoms with Crippen molar-refractivity contribution in [3.8, 4) is 0 Å². The van der Waals surface area contributed by atoms with Gasteiger partial charge in [0, 0.05) is 64.0 Å². The Labute approximate surface area is 162 Å². The maximum absolute atomic E-state index is 12.8. The second kappa shape index (κ2) is 8.83. The fraction of sp³-hybridized carbons (Fsp3) is 0.667. The van der Waals surface area contributed by atoms with E-state index < -0.39 is 0 Å². The van der Waals surface area contributed by atoms with Crippen LogP contribution in [0.5, 0.6) is 0 Å². The van der Waals surface area contributed by atoms with Crippen molar-refractivity contribution in [2.75, 3.05) is 20.1 Å². The second-order valence-electron chi connectivity index (χ2n) is 8.22. The van der Waals surface area contributed by atoms with E-state index in [0.717, 1.165) is 36.6 Å². The van der Waals surface area contributed by atoms with Crippen LogP contribution < -0.4 is 5.32 Å². The maximum Gasteiger partial charge on any atom is 0.224 e. The van der Waals surface area contributed by atoms with Crippen molar-refractivity contribution in [2.24, 2.45) is 5.92 Å². The predicted molar refractivity (Wildman–Crippen MR) is 105 cm³/mol. The number of hydrogen-bond acceptors (Lipinski definition) is 4. The first-order valence-corrected chi connectivity index (χ1v) is 10.1. The highest BCUT2D eigenvalue weighted by Crippen LogP contribution is 2.35. The summed E-state index contributed by atoms with van der Waals surface area (Å²) >= 11 is 0. The summed E-state index contributed by atoms with van der Waals surface area (Å²) in [6, 6.07) is 4.65. The number of aryl methyl sites for hydroxylation is 1. The highest BCUT2D eigenvalue weighted by Gasteiger charge is 2.38. The highest BCUT2D eigenvalue weighted by atomic mass is 16.2. The summed E-state index contributed by atoms with van der Waals surface area (Å²) in [4.78, 5) is 32.7. The molecule has 2 atom stereocenters. The van der Waals surface area contributed by atoms with Gasteiger partial charge in [0.25, 0.3) is 0 Å². The van der Waals surface area contributed by atoms with Crippen molar-refractivity contribution >= 4 is 11.8 Å². The molecule has 2 heterocycles. The molecule has 0 spiro atoms. The fourth-order valence-corrected chi connectivity index (χ4v) is 4.03. The third kappa shape index (κ3) is 5.76. The first kappa shape index (κ1) is 19.8. The maximum atomic E-state index is 12.8. The summed E-state index contributed by atoms with van der Waals surface area (Å²) in [6.07, 6.45) is 7.04. The van der Waals surface area contributed by atoms with E-state index in [1.807, 2.05) is 31.0 Å². The lowest BCUT2D eigenvalue weighted by molar-refractivity contribution is -0.131. The summed E-state index contributed by atoms with van der Waals surface area (Å²) in [6.45, 7) is 5.91. The molecule has 1 saturated heterocycles. The van der Waals surface area contributed by atoms with Crippen molar-refractivity contribution in [2.45, 2.75) is 64.6 Å². The average Bonchev–Trinajstić information content (AvgIpc) is 3.35. The molecule has 2 fully saturated rings. The molecule has 1 saturated carbocycles. The van der Waals surface area contributed by atoms with Crippen LogP contribution in [0.25, 0.3) is 0 Å². The molecule has 2 amide bonds. The van der Waals surface area contributed by atoms with Gasteiger partial charge in [-0.1, -0.05) is 0 Å². The van der Waals surface area contributed by atoms with Gasteiger partial charge in [-0.25, -0.2) is 0 Å². The van der Waals surface area contributed by atoms with E-state index in [-0.39, 0.29) is 11.8 Å². The third-order valence-electron chi connectivity index (χ3n) is 5.74. The number of pyridine rings is 1. The third-order valence-corrected chi connectivity index (χ3v) is 5.74. The quantitative estimate of drug-likeness (QED) is 0.759. The number of carbonyl (C=O) groups excluding carboxylic acids is 2. The van der Waals surface area contributed by atoms with Crippen molar-refractivity contribution in [3.05, 3.63) is 29.6 Å². The van der Waals surface area contributed by atoms with E-state index in [1.54, 1.807) is 13.1 Å². The molecule has 2 aliphatic rings. The van der Waals surface area contributed by atoms with Gasteiger partial charge in [-0.2, -0.15) is 0 Å². The molecule has 1 aromatic heterocycles. The average molecular weight is 373 g/mol. The van der Waals surface area contributed by atoms with Crippen molar-refractivity contribution in [1.29, 1.82) is 0 Å². The molecule has 6 nitrogen and oxygen atoms in total. The van der Waals surface area contributed by atoms with Gasteiger partial charge < -0.3 is 10.2 Å². The molecule has 1 aliphatic heterocycles. The van der Waals surface area contributed by atoms with E-state index in [1.165, 1.54) is 12.8 Å². The number of nitrogens with zero attached hydrogens (tertiary/aromatic N) is 3. The van der Waals surface area contributed by atoms with Gasteiger partial charge in [-0.05, 0) is 56.2 Å². The Hall–Kier alpha value is -1.95. The Balaban J connectivity index is 1.56. The number of likely N-dealkylation sites (tertiary alicyclic amines) is 1. The molecule has 0 unspecified atom stereocenters. The van der Waals surface area contributed by atoms with E-state index in [2.05, 4.69) is 15.2 Å². The van der Waals surface area contributed by atoms with Gasteiger partial charge in [0.05, 0.1) is 0 Å². The molecule has 0 aromatic carbocycles. The summed E-state index contributed by atoms with van der Waals surface area (Å²) < 4.78 is 0. The molecule has 0 radical (unpaired) electrons. The number of nitrogens with one attached hydrogen (secondary N) is 1. The van der Waals surface area contributed by atoms with Gasteiger partial charge in [-0.3, -0.25) is 19.5 Å². The minimum atomic E-state index is 0.0216. The zero-order valence-corrected chi connectivity index (χ0v) is 16.8. The van der Waals surface area contributed by atoms with Crippen LogP contribution in [-0.2, 0) is 16.1 Å². The Morgan fingerprint density at radius 2 is 2.00 bits per heavy atom. The van der Waals surface area contributed by atoms with E-state index >= 15 is 0 Å². The second-order valence-corrected chi connectivity index (χ2v) is 8.22. The van der Waals surface area contributed by atoms with Gasteiger partial charge in [0.2, 0.25) is 11.8 Å². The van der Waals surface area contributed by atoms with Crippen LogP contribution in [0.15, 0.2) is 18.3 Å². The molecule has 148 valence electrons. The molecular formula is C21H32N4O2. The SMILES string of the molecule is CC(=O)NC[C@H]1CC[C@@H](CC(=O)N(C)Cc2ccnc(C)c2)N1CC1CC1. The van der Waals surface area contributed by atoms with Crippen molar-refractivity contribution < 1.29 is 9.59 Å². The molecule has 27 heavy (non-hydrogen) atoms. The number of rotatable bonds is 8. The van der Waals surface area contributed by atoms with Crippen LogP contribution in [0.4, 0.5) is 0 Å². The summed E-state index contributed by atoms with van der Waals surface area (Å²) in [5.41, 5.74) is 2.09. The molecule has 1 N–H and O–H groups in total. The fourth-order valence-electron chi connectivity index (χ4n) is 4.03. The van der Waals surface area contributed by atoms with E-state index in [9.17, 15) is 9.59 Å². The molecule has 1 aliphatic carbocycles. The number of hydrogen-bond donors (Lipinski definition) is 1. The van der Waals surface area contributed by atoms with Gasteiger partial charge in [-0.15, -0.1) is 0 Å². The number of amides is 2. The van der Waals surface area contributed by atoms with E-state index in [4.69, 9.17) is 0 Å². The zero-order chi connectivity index (χ0) is 19.4. The minimum absolute atomic E-state index is 0.0216. The predicted octanol–water partition coefficient (Wildman–Crippen LogP) is 2.12. The minimum Gasteiger partial charge on any atom is -0.355 e. The molecule has 6 heteroatoms. The Bertz CT molecular complexity index is 674. The first-order valence-electron chi connectivity index (χ1n) is 10.1. The first-order chi connectivity index (χ1) is 12.9. The van der Waals surface area contributed by atoms with Crippen LogP contribution in [0, 0.1) is 12.8 Å². The smallest absolute Gasteiger partial charge is 0.224 e. The van der Waals surface area contributed by atoms with Crippen LogP contribution in [0.2, 0.25) is 0 Å². The molecular weight excluding hydrogens is 340 g/mol. The molecule has 0 bridgehead atoms. The largest absolute Gasteiger partial charge is 0.355 e. The Morgan fingerprint density at radius 1 is 1.26 bits per heavy atom.